The van der Waals surface area contributed by atoms with Crippen molar-refractivity contribution in [1.29, 1.82) is 0 Å². The highest BCUT2D eigenvalue weighted by Gasteiger charge is 2.11. The maximum atomic E-state index is 11.4. The maximum absolute atomic E-state index is 11.4. The Morgan fingerprint density at radius 2 is 1.64 bits per heavy atom. The number of hydrogen-bond acceptors (Lipinski definition) is 8. The average molecular weight is 565 g/mol. The van der Waals surface area contributed by atoms with Gasteiger partial charge in [-0.2, -0.15) is 8.42 Å². The lowest BCUT2D eigenvalue weighted by atomic mass is 9.95. The molecule has 0 aliphatic heterocycles. The minimum atomic E-state index is -3.46. The van der Waals surface area contributed by atoms with Gasteiger partial charge in [-0.3, -0.25) is 4.18 Å². The Kier molecular flexibility index (Phi) is 10.8. The molecule has 1 heterocycles. The molecule has 0 amide bonds. The highest BCUT2D eigenvalue weighted by molar-refractivity contribution is 7.98. The van der Waals surface area contributed by atoms with Gasteiger partial charge in [0, 0.05) is 11.3 Å². The summed E-state index contributed by atoms with van der Waals surface area (Å²) in [6, 6.07) is 27.8. The normalized spacial score (nSPS) is 12.5. The standard InChI is InChI=1S/C30H32N2O5S2/c1-39(33,34)36-19-18-26(22-25-8-4-2-5-9-25)13-12-24-14-16-27(17-15-24)30-32-31-29(37-30)23-38-21-20-35-28-10-6-3-7-11-28/h2-17,26H,18-23H2,1H3/b13-12+. The van der Waals surface area contributed by atoms with E-state index in [4.69, 9.17) is 13.3 Å². The molecular weight excluding hydrogens is 532 g/mol. The molecule has 0 aliphatic rings. The van der Waals surface area contributed by atoms with Gasteiger partial charge in [0.1, 0.15) is 5.75 Å². The lowest BCUT2D eigenvalue weighted by molar-refractivity contribution is 0.297. The van der Waals surface area contributed by atoms with Crippen LogP contribution in [0, 0.1) is 5.92 Å². The van der Waals surface area contributed by atoms with Crippen LogP contribution in [-0.4, -0.2) is 43.8 Å². The van der Waals surface area contributed by atoms with E-state index in [0.717, 1.165) is 35.3 Å². The minimum Gasteiger partial charge on any atom is -0.493 e. The van der Waals surface area contributed by atoms with Crippen molar-refractivity contribution in [2.24, 2.45) is 5.92 Å². The topological polar surface area (TPSA) is 91.5 Å². The SMILES string of the molecule is CS(=O)(=O)OCCC(/C=C/c1ccc(-c2nnc(CSCCOc3ccccc3)o2)cc1)Cc1ccccc1. The van der Waals surface area contributed by atoms with Crippen LogP contribution in [0.5, 0.6) is 5.75 Å². The highest BCUT2D eigenvalue weighted by atomic mass is 32.2. The first kappa shape index (κ1) is 28.6. The van der Waals surface area contributed by atoms with E-state index in [2.05, 4.69) is 28.4 Å². The van der Waals surface area contributed by atoms with Gasteiger partial charge >= 0.3 is 0 Å². The lowest BCUT2D eigenvalue weighted by Gasteiger charge is -2.13. The predicted octanol–water partition coefficient (Wildman–Crippen LogP) is 6.29. The van der Waals surface area contributed by atoms with Crippen molar-refractivity contribution in [2.45, 2.75) is 18.6 Å². The quantitative estimate of drug-likeness (QED) is 0.123. The molecule has 7 nitrogen and oxygen atoms in total. The van der Waals surface area contributed by atoms with E-state index in [1.807, 2.05) is 78.9 Å². The smallest absolute Gasteiger partial charge is 0.264 e. The van der Waals surface area contributed by atoms with Gasteiger partial charge in [-0.25, -0.2) is 0 Å². The Balaban J connectivity index is 1.28. The van der Waals surface area contributed by atoms with Crippen molar-refractivity contribution in [1.82, 2.24) is 10.2 Å². The fraction of sp³-hybridized carbons (Fsp3) is 0.267. The molecule has 39 heavy (non-hydrogen) atoms. The number of rotatable bonds is 15. The maximum Gasteiger partial charge on any atom is 0.264 e. The summed E-state index contributed by atoms with van der Waals surface area (Å²) in [6.07, 6.45) is 6.62. The average Bonchev–Trinajstić information content (AvgIpc) is 3.41. The summed E-state index contributed by atoms with van der Waals surface area (Å²) in [6.45, 7) is 0.763. The summed E-state index contributed by atoms with van der Waals surface area (Å²) in [7, 11) is -3.46. The van der Waals surface area contributed by atoms with E-state index in [1.165, 1.54) is 5.56 Å². The summed E-state index contributed by atoms with van der Waals surface area (Å²) < 4.78 is 39.3. The van der Waals surface area contributed by atoms with Crippen LogP contribution in [-0.2, 0) is 26.5 Å². The highest BCUT2D eigenvalue weighted by Crippen LogP contribution is 2.22. The minimum absolute atomic E-state index is 0.128. The molecule has 0 saturated heterocycles. The molecule has 0 saturated carbocycles. The van der Waals surface area contributed by atoms with Gasteiger partial charge in [-0.15, -0.1) is 22.0 Å². The zero-order valence-electron chi connectivity index (χ0n) is 21.8. The fourth-order valence-electron chi connectivity index (χ4n) is 3.84. The third-order valence-corrected chi connectivity index (χ3v) is 7.28. The molecule has 4 rings (SSSR count). The van der Waals surface area contributed by atoms with Crippen LogP contribution in [0.3, 0.4) is 0 Å². The third kappa shape index (κ3) is 10.4. The number of allylic oxidation sites excluding steroid dienone is 1. The first-order valence-electron chi connectivity index (χ1n) is 12.7. The Morgan fingerprint density at radius 1 is 0.923 bits per heavy atom. The van der Waals surface area contributed by atoms with Crippen LogP contribution in [0.4, 0.5) is 0 Å². The predicted molar refractivity (Wildman–Crippen MR) is 156 cm³/mol. The zero-order valence-corrected chi connectivity index (χ0v) is 23.4. The van der Waals surface area contributed by atoms with Crippen LogP contribution in [0.1, 0.15) is 23.4 Å². The van der Waals surface area contributed by atoms with E-state index in [-0.39, 0.29) is 12.5 Å². The first-order valence-corrected chi connectivity index (χ1v) is 15.7. The number of nitrogens with zero attached hydrogens (tertiary/aromatic N) is 2. The van der Waals surface area contributed by atoms with Gasteiger partial charge in [0.15, 0.2) is 0 Å². The van der Waals surface area contributed by atoms with Gasteiger partial charge < -0.3 is 9.15 Å². The van der Waals surface area contributed by atoms with Crippen molar-refractivity contribution in [3.63, 3.8) is 0 Å². The molecule has 3 aromatic carbocycles. The van der Waals surface area contributed by atoms with Crippen LogP contribution >= 0.6 is 11.8 Å². The Labute approximate surface area is 234 Å². The van der Waals surface area contributed by atoms with Gasteiger partial charge in [-0.05, 0) is 54.2 Å². The molecular formula is C30H32N2O5S2. The Hall–Kier alpha value is -3.40. The fourth-order valence-corrected chi connectivity index (χ4v) is 4.88. The van der Waals surface area contributed by atoms with Gasteiger partial charge in [0.05, 0.1) is 25.2 Å². The van der Waals surface area contributed by atoms with Crippen LogP contribution in [0.15, 0.2) is 95.4 Å². The number of benzene rings is 3. The number of thioether (sulfide) groups is 1. The first-order chi connectivity index (χ1) is 18.9. The summed E-state index contributed by atoms with van der Waals surface area (Å²) in [5.41, 5.74) is 3.07. The summed E-state index contributed by atoms with van der Waals surface area (Å²) >= 11 is 1.68. The second-order valence-electron chi connectivity index (χ2n) is 8.96. The molecule has 1 atom stereocenters. The monoisotopic (exact) mass is 564 g/mol. The van der Waals surface area contributed by atoms with Crippen molar-refractivity contribution in [3.8, 4) is 17.2 Å². The lowest BCUT2D eigenvalue weighted by Crippen LogP contribution is -2.10. The molecule has 4 aromatic rings. The molecule has 0 fully saturated rings. The summed E-state index contributed by atoms with van der Waals surface area (Å²) in [4.78, 5) is 0. The molecule has 1 unspecified atom stereocenters. The molecule has 0 N–H and O–H groups in total. The second kappa shape index (κ2) is 14.7. The van der Waals surface area contributed by atoms with Crippen molar-refractivity contribution >= 4 is 28.0 Å². The Morgan fingerprint density at radius 3 is 2.36 bits per heavy atom. The molecule has 9 heteroatoms. The van der Waals surface area contributed by atoms with Crippen molar-refractivity contribution in [3.05, 3.63) is 108 Å². The van der Waals surface area contributed by atoms with Gasteiger partial charge in [-0.1, -0.05) is 72.8 Å². The molecule has 1 aromatic heterocycles. The van der Waals surface area contributed by atoms with Gasteiger partial charge in [0.2, 0.25) is 11.8 Å². The van der Waals surface area contributed by atoms with E-state index < -0.39 is 10.1 Å². The van der Waals surface area contributed by atoms with E-state index >= 15 is 0 Å². The van der Waals surface area contributed by atoms with Crippen molar-refractivity contribution < 1.29 is 21.8 Å². The second-order valence-corrected chi connectivity index (χ2v) is 11.7. The molecule has 0 radical (unpaired) electrons. The van der Waals surface area contributed by atoms with E-state index in [1.54, 1.807) is 11.8 Å². The number of hydrogen-bond donors (Lipinski definition) is 0. The number of aromatic nitrogens is 2. The Bertz CT molecular complexity index is 1410. The summed E-state index contributed by atoms with van der Waals surface area (Å²) in [5, 5.41) is 8.36. The number of ether oxygens (including phenoxy) is 1. The molecule has 0 aliphatic carbocycles. The van der Waals surface area contributed by atoms with E-state index in [9.17, 15) is 8.42 Å². The third-order valence-electron chi connectivity index (χ3n) is 5.78. The van der Waals surface area contributed by atoms with Crippen LogP contribution in [0.2, 0.25) is 0 Å². The van der Waals surface area contributed by atoms with Crippen molar-refractivity contribution in [2.75, 3.05) is 25.2 Å². The molecule has 204 valence electrons. The largest absolute Gasteiger partial charge is 0.493 e. The molecule has 0 spiro atoms. The number of para-hydroxylation sites is 1. The zero-order chi connectivity index (χ0) is 27.3. The summed E-state index contributed by atoms with van der Waals surface area (Å²) in [5.74, 6) is 3.50. The molecule has 0 bridgehead atoms. The van der Waals surface area contributed by atoms with Crippen LogP contribution in [0.25, 0.3) is 17.5 Å². The van der Waals surface area contributed by atoms with Gasteiger partial charge in [0.25, 0.3) is 10.1 Å². The van der Waals surface area contributed by atoms with E-state index in [0.29, 0.717) is 30.6 Å². The van der Waals surface area contributed by atoms with Crippen LogP contribution < -0.4 is 4.74 Å².